The van der Waals surface area contributed by atoms with Gasteiger partial charge in [-0.3, -0.25) is 14.4 Å². The van der Waals surface area contributed by atoms with Crippen molar-refractivity contribution in [1.29, 1.82) is 0 Å². The van der Waals surface area contributed by atoms with Gasteiger partial charge < -0.3 is 4.42 Å². The third kappa shape index (κ3) is 2.05. The lowest BCUT2D eigenvalue weighted by atomic mass is 9.85. The average molecular weight is 369 g/mol. The van der Waals surface area contributed by atoms with Gasteiger partial charge in [0.05, 0.1) is 29.0 Å². The fourth-order valence-electron chi connectivity index (χ4n) is 4.33. The Morgan fingerprint density at radius 3 is 2.50 bits per heavy atom. The van der Waals surface area contributed by atoms with Crippen molar-refractivity contribution in [1.82, 2.24) is 5.01 Å². The molecule has 4 atom stereocenters. The Balaban J connectivity index is 1.49. The van der Waals surface area contributed by atoms with E-state index in [-0.39, 0.29) is 46.5 Å². The van der Waals surface area contributed by atoms with Crippen LogP contribution in [-0.2, 0) is 9.59 Å². The molecule has 130 valence electrons. The highest BCUT2D eigenvalue weighted by molar-refractivity contribution is 6.31. The third-order valence-corrected chi connectivity index (χ3v) is 5.76. The first-order valence-corrected chi connectivity index (χ1v) is 8.73. The van der Waals surface area contributed by atoms with E-state index in [0.717, 1.165) is 11.4 Å². The van der Waals surface area contributed by atoms with Crippen molar-refractivity contribution in [3.8, 4) is 0 Å². The third-order valence-electron chi connectivity index (χ3n) is 5.52. The Kier molecular flexibility index (Phi) is 3.21. The van der Waals surface area contributed by atoms with E-state index in [1.165, 1.54) is 18.5 Å². The summed E-state index contributed by atoms with van der Waals surface area (Å²) in [5, 5.41) is 5.65. The molecule has 1 aliphatic heterocycles. The van der Waals surface area contributed by atoms with Crippen LogP contribution < -0.4 is 5.43 Å². The van der Waals surface area contributed by atoms with Crippen molar-refractivity contribution >= 4 is 40.6 Å². The van der Waals surface area contributed by atoms with Gasteiger partial charge in [-0.25, -0.2) is 0 Å². The molecule has 26 heavy (non-hydrogen) atoms. The molecule has 2 bridgehead atoms. The molecule has 0 radical (unpaired) electrons. The first-order chi connectivity index (χ1) is 12.5. The summed E-state index contributed by atoms with van der Waals surface area (Å²) < 4.78 is 5.42. The van der Waals surface area contributed by atoms with E-state index in [9.17, 15) is 14.4 Å². The van der Waals surface area contributed by atoms with Gasteiger partial charge in [0.25, 0.3) is 11.8 Å². The summed E-state index contributed by atoms with van der Waals surface area (Å²) in [6.45, 7) is 0. The Morgan fingerprint density at radius 2 is 1.81 bits per heavy atom. The first kappa shape index (κ1) is 15.5. The number of fused-ring (bicyclic) bond motifs is 6. The summed E-state index contributed by atoms with van der Waals surface area (Å²) in [5.41, 5.74) is 0.235. The molecule has 2 amide bonds. The van der Waals surface area contributed by atoms with Gasteiger partial charge in [-0.05, 0) is 36.5 Å². The van der Waals surface area contributed by atoms with Crippen LogP contribution in [0.5, 0.6) is 0 Å². The van der Waals surface area contributed by atoms with Crippen LogP contribution in [0, 0.1) is 23.7 Å². The maximum atomic E-state index is 12.6. The molecule has 5 rings (SSSR count). The Labute approximate surface area is 152 Å². The van der Waals surface area contributed by atoms with Crippen molar-refractivity contribution in [2.24, 2.45) is 28.8 Å². The van der Waals surface area contributed by atoms with Crippen LogP contribution in [-0.4, -0.2) is 23.0 Å². The lowest BCUT2D eigenvalue weighted by Gasteiger charge is -2.13. The number of halogens is 1. The molecule has 1 aromatic carbocycles. The molecule has 1 aromatic heterocycles. The number of hydrogen-bond acceptors (Lipinski definition) is 5. The second kappa shape index (κ2) is 5.38. The number of hydrogen-bond donors (Lipinski definition) is 0. The van der Waals surface area contributed by atoms with Gasteiger partial charge >= 0.3 is 0 Å². The van der Waals surface area contributed by atoms with Gasteiger partial charge in [-0.1, -0.05) is 23.8 Å². The first-order valence-electron chi connectivity index (χ1n) is 8.36. The number of rotatable bonds is 2. The zero-order valence-electron chi connectivity index (χ0n) is 13.5. The molecule has 7 heteroatoms. The van der Waals surface area contributed by atoms with Crippen LogP contribution in [0.2, 0.25) is 5.02 Å². The van der Waals surface area contributed by atoms with Gasteiger partial charge in [0, 0.05) is 5.02 Å². The standard InChI is InChI=1S/C19H13ClN2O4/c20-12-3-4-14-13(6-12)17(23)11(8-26-14)7-21-22-18(24)15-9-1-2-10(5-9)16(15)19(22)25/h1-4,6-10,15-16H,5H2/b21-7-/t9-,10-,15+,16+/m0/s1. The minimum Gasteiger partial charge on any atom is -0.463 e. The van der Waals surface area contributed by atoms with E-state index in [1.54, 1.807) is 12.1 Å². The molecular formula is C19H13ClN2O4. The topological polar surface area (TPSA) is 80.0 Å². The fraction of sp³-hybridized carbons (Fsp3) is 0.263. The van der Waals surface area contributed by atoms with Gasteiger partial charge in [0.15, 0.2) is 0 Å². The predicted octanol–water partition coefficient (Wildman–Crippen LogP) is 2.59. The van der Waals surface area contributed by atoms with Gasteiger partial charge in [0.2, 0.25) is 5.43 Å². The molecule has 0 unspecified atom stereocenters. The second-order valence-electron chi connectivity index (χ2n) is 6.89. The fourth-order valence-corrected chi connectivity index (χ4v) is 4.50. The van der Waals surface area contributed by atoms with Crippen LogP contribution in [0.3, 0.4) is 0 Å². The Hall–Kier alpha value is -2.73. The number of imide groups is 1. The highest BCUT2D eigenvalue weighted by Crippen LogP contribution is 2.52. The number of hydrazone groups is 1. The van der Waals surface area contributed by atoms with Gasteiger partial charge in [-0.2, -0.15) is 10.1 Å². The minimum atomic E-state index is -0.321. The van der Waals surface area contributed by atoms with E-state index in [4.69, 9.17) is 16.0 Å². The zero-order chi connectivity index (χ0) is 18.0. The van der Waals surface area contributed by atoms with E-state index in [1.807, 2.05) is 12.2 Å². The lowest BCUT2D eigenvalue weighted by Crippen LogP contribution is -2.28. The van der Waals surface area contributed by atoms with Crippen LogP contribution in [0.4, 0.5) is 0 Å². The maximum absolute atomic E-state index is 12.6. The van der Waals surface area contributed by atoms with Gasteiger partial charge in [0.1, 0.15) is 11.8 Å². The summed E-state index contributed by atoms with van der Waals surface area (Å²) in [4.78, 5) is 37.7. The van der Waals surface area contributed by atoms with Crippen molar-refractivity contribution in [2.75, 3.05) is 0 Å². The summed E-state index contributed by atoms with van der Waals surface area (Å²) in [6, 6.07) is 4.75. The molecule has 1 saturated carbocycles. The quantitative estimate of drug-likeness (QED) is 0.463. The number of carbonyl (C=O) groups excluding carboxylic acids is 2. The number of nitrogens with zero attached hydrogens (tertiary/aromatic N) is 2. The molecule has 2 fully saturated rings. The molecule has 0 spiro atoms. The average Bonchev–Trinajstić information content (AvgIpc) is 3.30. The van der Waals surface area contributed by atoms with Gasteiger partial charge in [-0.15, -0.1) is 0 Å². The highest BCUT2D eigenvalue weighted by Gasteiger charge is 2.59. The monoisotopic (exact) mass is 368 g/mol. The normalized spacial score (nSPS) is 29.5. The maximum Gasteiger partial charge on any atom is 0.254 e. The summed E-state index contributed by atoms with van der Waals surface area (Å²) in [7, 11) is 0. The number of amides is 2. The molecule has 2 aliphatic carbocycles. The number of allylic oxidation sites excluding steroid dienone is 2. The molecule has 2 aromatic rings. The molecule has 1 saturated heterocycles. The SMILES string of the molecule is O=C1[C@H]2[C@H](C(=O)N1/N=C\c1coc3ccc(Cl)cc3c1=O)[C@H]1C=C[C@H]2C1. The van der Waals surface area contributed by atoms with E-state index < -0.39 is 0 Å². The van der Waals surface area contributed by atoms with Crippen LogP contribution in [0.15, 0.2) is 50.9 Å². The zero-order valence-corrected chi connectivity index (χ0v) is 14.2. The number of benzene rings is 1. The minimum absolute atomic E-state index is 0.120. The van der Waals surface area contributed by atoms with Crippen LogP contribution in [0.1, 0.15) is 12.0 Å². The summed E-state index contributed by atoms with van der Waals surface area (Å²) >= 11 is 5.93. The molecule has 3 aliphatic rings. The summed E-state index contributed by atoms with van der Waals surface area (Å²) in [5.74, 6) is -0.977. The Bertz CT molecular complexity index is 1060. The van der Waals surface area contributed by atoms with Crippen LogP contribution in [0.25, 0.3) is 11.0 Å². The smallest absolute Gasteiger partial charge is 0.254 e. The van der Waals surface area contributed by atoms with E-state index >= 15 is 0 Å². The van der Waals surface area contributed by atoms with Crippen molar-refractivity contribution < 1.29 is 14.0 Å². The number of carbonyl (C=O) groups is 2. The largest absolute Gasteiger partial charge is 0.463 e. The van der Waals surface area contributed by atoms with E-state index in [0.29, 0.717) is 16.0 Å². The molecule has 6 nitrogen and oxygen atoms in total. The lowest BCUT2D eigenvalue weighted by molar-refractivity contribution is -0.140. The second-order valence-corrected chi connectivity index (χ2v) is 7.33. The predicted molar refractivity (Wildman–Crippen MR) is 94.7 cm³/mol. The molecule has 0 N–H and O–H groups in total. The van der Waals surface area contributed by atoms with Crippen molar-refractivity contribution in [3.05, 3.63) is 57.4 Å². The van der Waals surface area contributed by atoms with Crippen molar-refractivity contribution in [3.63, 3.8) is 0 Å². The van der Waals surface area contributed by atoms with Crippen molar-refractivity contribution in [2.45, 2.75) is 6.42 Å². The highest BCUT2D eigenvalue weighted by atomic mass is 35.5. The van der Waals surface area contributed by atoms with E-state index in [2.05, 4.69) is 5.10 Å². The summed E-state index contributed by atoms with van der Waals surface area (Å²) in [6.07, 6.45) is 7.37. The van der Waals surface area contributed by atoms with Crippen LogP contribution >= 0.6 is 11.6 Å². The molecular weight excluding hydrogens is 356 g/mol. The Morgan fingerprint density at radius 1 is 1.12 bits per heavy atom. The molecule has 2 heterocycles.